The number of hydrogen-bond donors (Lipinski definition) is 0. The number of rotatable bonds is 9. The lowest BCUT2D eigenvalue weighted by Gasteiger charge is -2.19. The molecule has 0 aromatic carbocycles. The first-order valence-corrected chi connectivity index (χ1v) is 5.89. The molecule has 1 atom stereocenters. The van der Waals surface area contributed by atoms with E-state index in [2.05, 4.69) is 18.7 Å². The Morgan fingerprint density at radius 3 is 2.47 bits per heavy atom. The van der Waals surface area contributed by atoms with Crippen LogP contribution in [0, 0.1) is 5.92 Å². The SMILES string of the molecule is COCC(Cl)CN(C)CCOCC(C)C. The van der Waals surface area contributed by atoms with Crippen LogP contribution in [0.3, 0.4) is 0 Å². The van der Waals surface area contributed by atoms with Crippen molar-refractivity contribution in [3.63, 3.8) is 0 Å². The van der Waals surface area contributed by atoms with E-state index in [0.717, 1.165) is 26.3 Å². The number of methoxy groups -OCH3 is 1. The highest BCUT2D eigenvalue weighted by Gasteiger charge is 2.07. The van der Waals surface area contributed by atoms with E-state index in [4.69, 9.17) is 21.1 Å². The Balaban J connectivity index is 3.36. The minimum absolute atomic E-state index is 0.0603. The summed E-state index contributed by atoms with van der Waals surface area (Å²) in [5.74, 6) is 0.601. The van der Waals surface area contributed by atoms with E-state index in [1.54, 1.807) is 7.11 Å². The average molecular weight is 238 g/mol. The summed E-state index contributed by atoms with van der Waals surface area (Å²) in [6.07, 6.45) is 0. The molecule has 0 amide bonds. The van der Waals surface area contributed by atoms with Gasteiger partial charge < -0.3 is 14.4 Å². The van der Waals surface area contributed by atoms with Crippen LogP contribution in [0.15, 0.2) is 0 Å². The van der Waals surface area contributed by atoms with Crippen molar-refractivity contribution in [2.45, 2.75) is 19.2 Å². The average Bonchev–Trinajstić information content (AvgIpc) is 2.12. The second kappa shape index (κ2) is 9.40. The molecule has 0 aromatic heterocycles. The molecule has 0 spiro atoms. The molecular formula is C11H24ClNO2. The Kier molecular flexibility index (Phi) is 9.51. The number of nitrogens with zero attached hydrogens (tertiary/aromatic N) is 1. The third-order valence-corrected chi connectivity index (χ3v) is 2.19. The zero-order valence-electron chi connectivity index (χ0n) is 10.3. The lowest BCUT2D eigenvalue weighted by atomic mass is 10.2. The lowest BCUT2D eigenvalue weighted by Crippen LogP contribution is -2.31. The third-order valence-electron chi connectivity index (χ3n) is 1.93. The summed E-state index contributed by atoms with van der Waals surface area (Å²) in [6.45, 7) is 8.24. The monoisotopic (exact) mass is 237 g/mol. The zero-order chi connectivity index (χ0) is 11.7. The van der Waals surface area contributed by atoms with Crippen LogP contribution in [0.25, 0.3) is 0 Å². The maximum atomic E-state index is 6.03. The van der Waals surface area contributed by atoms with E-state index in [1.807, 2.05) is 7.05 Å². The van der Waals surface area contributed by atoms with Gasteiger partial charge in [-0.3, -0.25) is 0 Å². The summed E-state index contributed by atoms with van der Waals surface area (Å²) in [5.41, 5.74) is 0. The van der Waals surface area contributed by atoms with Gasteiger partial charge in [0.15, 0.2) is 0 Å². The molecule has 0 heterocycles. The van der Waals surface area contributed by atoms with Crippen molar-refractivity contribution < 1.29 is 9.47 Å². The van der Waals surface area contributed by atoms with Crippen molar-refractivity contribution in [2.24, 2.45) is 5.92 Å². The fraction of sp³-hybridized carbons (Fsp3) is 1.00. The second-order valence-corrected chi connectivity index (χ2v) is 4.90. The van der Waals surface area contributed by atoms with Crippen LogP contribution in [0.1, 0.15) is 13.8 Å². The van der Waals surface area contributed by atoms with Crippen LogP contribution in [0.2, 0.25) is 0 Å². The Bertz CT molecular complexity index is 145. The molecule has 0 fully saturated rings. The van der Waals surface area contributed by atoms with Gasteiger partial charge in [-0.05, 0) is 13.0 Å². The smallest absolute Gasteiger partial charge is 0.0696 e. The van der Waals surface area contributed by atoms with Crippen LogP contribution in [0.4, 0.5) is 0 Å². The predicted octanol–water partition coefficient (Wildman–Crippen LogP) is 1.84. The van der Waals surface area contributed by atoms with Gasteiger partial charge in [-0.2, -0.15) is 0 Å². The van der Waals surface area contributed by atoms with E-state index in [-0.39, 0.29) is 5.38 Å². The van der Waals surface area contributed by atoms with Crippen molar-refractivity contribution in [1.29, 1.82) is 0 Å². The fourth-order valence-corrected chi connectivity index (χ4v) is 1.56. The molecule has 92 valence electrons. The van der Waals surface area contributed by atoms with E-state index in [0.29, 0.717) is 12.5 Å². The molecule has 0 aromatic rings. The Morgan fingerprint density at radius 2 is 1.93 bits per heavy atom. The largest absolute Gasteiger partial charge is 0.383 e. The van der Waals surface area contributed by atoms with Crippen LogP contribution in [-0.4, -0.2) is 57.3 Å². The fourth-order valence-electron chi connectivity index (χ4n) is 1.20. The van der Waals surface area contributed by atoms with Gasteiger partial charge in [0.05, 0.1) is 18.6 Å². The van der Waals surface area contributed by atoms with Gasteiger partial charge in [0.2, 0.25) is 0 Å². The summed E-state index contributed by atoms with van der Waals surface area (Å²) in [7, 11) is 3.71. The highest BCUT2D eigenvalue weighted by atomic mass is 35.5. The molecule has 0 aliphatic rings. The topological polar surface area (TPSA) is 21.7 Å². The summed E-state index contributed by atoms with van der Waals surface area (Å²) >= 11 is 6.03. The van der Waals surface area contributed by atoms with Gasteiger partial charge in [0.25, 0.3) is 0 Å². The minimum atomic E-state index is 0.0603. The first kappa shape index (κ1) is 15.2. The first-order valence-electron chi connectivity index (χ1n) is 5.45. The number of ether oxygens (including phenoxy) is 2. The molecule has 15 heavy (non-hydrogen) atoms. The number of hydrogen-bond acceptors (Lipinski definition) is 3. The molecular weight excluding hydrogens is 214 g/mol. The lowest BCUT2D eigenvalue weighted by molar-refractivity contribution is 0.0892. The van der Waals surface area contributed by atoms with E-state index < -0.39 is 0 Å². The van der Waals surface area contributed by atoms with Crippen LogP contribution in [0.5, 0.6) is 0 Å². The molecule has 4 heteroatoms. The summed E-state index contributed by atoms with van der Waals surface area (Å²) < 4.78 is 10.5. The quantitative estimate of drug-likeness (QED) is 0.451. The van der Waals surface area contributed by atoms with E-state index in [9.17, 15) is 0 Å². The van der Waals surface area contributed by atoms with E-state index in [1.165, 1.54) is 0 Å². The maximum Gasteiger partial charge on any atom is 0.0696 e. The molecule has 0 aliphatic carbocycles. The normalized spacial score (nSPS) is 13.8. The predicted molar refractivity (Wildman–Crippen MR) is 64.7 cm³/mol. The minimum Gasteiger partial charge on any atom is -0.383 e. The Morgan fingerprint density at radius 1 is 1.27 bits per heavy atom. The van der Waals surface area contributed by atoms with Gasteiger partial charge in [0.1, 0.15) is 0 Å². The molecule has 0 radical (unpaired) electrons. The zero-order valence-corrected chi connectivity index (χ0v) is 11.1. The van der Waals surface area contributed by atoms with Crippen molar-refractivity contribution in [1.82, 2.24) is 4.90 Å². The molecule has 0 bridgehead atoms. The van der Waals surface area contributed by atoms with Crippen molar-refractivity contribution >= 4 is 11.6 Å². The Hall–Kier alpha value is 0.170. The number of halogens is 1. The highest BCUT2D eigenvalue weighted by Crippen LogP contribution is 1.99. The van der Waals surface area contributed by atoms with Gasteiger partial charge >= 0.3 is 0 Å². The third kappa shape index (κ3) is 10.5. The summed E-state index contributed by atoms with van der Waals surface area (Å²) in [6, 6.07) is 0. The maximum absolute atomic E-state index is 6.03. The van der Waals surface area contributed by atoms with Crippen molar-refractivity contribution in [3.8, 4) is 0 Å². The molecule has 0 saturated carbocycles. The van der Waals surface area contributed by atoms with Crippen LogP contribution in [-0.2, 0) is 9.47 Å². The molecule has 3 nitrogen and oxygen atoms in total. The standard InChI is InChI=1S/C11H24ClNO2/c1-10(2)8-15-6-5-13(3)7-11(12)9-14-4/h10-11H,5-9H2,1-4H3. The Labute approximate surface area is 98.7 Å². The molecule has 0 saturated heterocycles. The van der Waals surface area contributed by atoms with Crippen molar-refractivity contribution in [2.75, 3.05) is 47.1 Å². The molecule has 0 aliphatic heterocycles. The number of likely N-dealkylation sites (N-methyl/N-ethyl adjacent to an activating group) is 1. The van der Waals surface area contributed by atoms with Crippen LogP contribution >= 0.6 is 11.6 Å². The van der Waals surface area contributed by atoms with Gasteiger partial charge in [-0.1, -0.05) is 13.8 Å². The summed E-state index contributed by atoms with van der Waals surface area (Å²) in [5, 5.41) is 0.0603. The van der Waals surface area contributed by atoms with Gasteiger partial charge in [-0.25, -0.2) is 0 Å². The molecule has 0 rings (SSSR count). The van der Waals surface area contributed by atoms with E-state index >= 15 is 0 Å². The van der Waals surface area contributed by atoms with Crippen LogP contribution < -0.4 is 0 Å². The van der Waals surface area contributed by atoms with Gasteiger partial charge in [-0.15, -0.1) is 11.6 Å². The number of alkyl halides is 1. The van der Waals surface area contributed by atoms with Gasteiger partial charge in [0, 0.05) is 26.8 Å². The highest BCUT2D eigenvalue weighted by molar-refractivity contribution is 6.20. The second-order valence-electron chi connectivity index (χ2n) is 4.28. The first-order chi connectivity index (χ1) is 7.06. The van der Waals surface area contributed by atoms with Crippen molar-refractivity contribution in [3.05, 3.63) is 0 Å². The molecule has 1 unspecified atom stereocenters. The summed E-state index contributed by atoms with van der Waals surface area (Å²) in [4.78, 5) is 2.16. The molecule has 0 N–H and O–H groups in total.